The average molecular weight is 483 g/mol. The highest BCUT2D eigenvalue weighted by Crippen LogP contribution is 2.31. The normalized spacial score (nSPS) is 19.0. The maximum atomic E-state index is 11.6. The van der Waals surface area contributed by atoms with Gasteiger partial charge < -0.3 is 15.1 Å². The summed E-state index contributed by atoms with van der Waals surface area (Å²) in [6, 6.07) is 6.75. The van der Waals surface area contributed by atoms with Crippen molar-refractivity contribution < 1.29 is 13.3 Å². The number of anilines is 1. The number of nitrogens with zero attached hydrogens (tertiary/aromatic N) is 6. The zero-order valence-corrected chi connectivity index (χ0v) is 19.6. The fourth-order valence-corrected chi connectivity index (χ4v) is 4.84. The first-order valence-corrected chi connectivity index (χ1v) is 13.0. The van der Waals surface area contributed by atoms with E-state index in [1.807, 2.05) is 0 Å². The fourth-order valence-electron chi connectivity index (χ4n) is 4.21. The standard InChI is InChI=1S/C22H26N8O3S/c1-34(31,32)18-4-2-15(3-5-18)11-23-22-24-12-17(13-25-22)20-10-21(28-33-20)30-8-6-16(7-9-30)19-14-26-29-27-19/h2-5,12-14,16,20H,6-11H2,1H3,(H,23,24,25)(H,26,27,29). The van der Waals surface area contributed by atoms with Crippen molar-refractivity contribution in [1.82, 2.24) is 30.3 Å². The van der Waals surface area contributed by atoms with E-state index in [4.69, 9.17) is 4.84 Å². The van der Waals surface area contributed by atoms with E-state index in [0.717, 1.165) is 48.6 Å². The molecular weight excluding hydrogens is 456 g/mol. The van der Waals surface area contributed by atoms with Gasteiger partial charge in [-0.15, -0.1) is 5.10 Å². The zero-order valence-electron chi connectivity index (χ0n) is 18.8. The number of hydrogen-bond donors (Lipinski definition) is 2. The summed E-state index contributed by atoms with van der Waals surface area (Å²) in [4.78, 5) is 17.1. The van der Waals surface area contributed by atoms with Gasteiger partial charge in [0.15, 0.2) is 15.9 Å². The summed E-state index contributed by atoms with van der Waals surface area (Å²) in [5, 5.41) is 18.1. The Labute approximate surface area is 197 Å². The Morgan fingerprint density at radius 1 is 1.12 bits per heavy atom. The summed E-state index contributed by atoms with van der Waals surface area (Å²) in [6.07, 6.45) is 9.05. The molecule has 2 N–H and O–H groups in total. The monoisotopic (exact) mass is 482 g/mol. The van der Waals surface area contributed by atoms with Crippen molar-refractivity contribution in [2.75, 3.05) is 24.7 Å². The van der Waals surface area contributed by atoms with Crippen LogP contribution in [0.3, 0.4) is 0 Å². The predicted molar refractivity (Wildman–Crippen MR) is 125 cm³/mol. The lowest BCUT2D eigenvalue weighted by Gasteiger charge is -2.32. The van der Waals surface area contributed by atoms with E-state index < -0.39 is 9.84 Å². The minimum Gasteiger partial charge on any atom is -0.386 e. The van der Waals surface area contributed by atoms with Crippen molar-refractivity contribution in [3.63, 3.8) is 0 Å². The molecule has 3 aromatic rings. The number of H-pyrrole nitrogens is 1. The number of benzene rings is 1. The molecule has 1 aromatic carbocycles. The van der Waals surface area contributed by atoms with Gasteiger partial charge in [0.05, 0.1) is 23.2 Å². The van der Waals surface area contributed by atoms with Gasteiger partial charge in [0.2, 0.25) is 5.95 Å². The average Bonchev–Trinajstić information content (AvgIpc) is 3.56. The third-order valence-electron chi connectivity index (χ3n) is 6.23. The molecule has 0 spiro atoms. The van der Waals surface area contributed by atoms with Gasteiger partial charge in [-0.2, -0.15) is 0 Å². The van der Waals surface area contributed by atoms with Crippen molar-refractivity contribution in [2.24, 2.45) is 5.16 Å². The smallest absolute Gasteiger partial charge is 0.222 e. The largest absolute Gasteiger partial charge is 0.386 e. The van der Waals surface area contributed by atoms with Crippen LogP contribution in [-0.4, -0.2) is 63.9 Å². The van der Waals surface area contributed by atoms with E-state index in [2.05, 4.69) is 40.8 Å². The number of amidine groups is 1. The third kappa shape index (κ3) is 5.01. The molecule has 0 bridgehead atoms. The first-order valence-electron chi connectivity index (χ1n) is 11.1. The van der Waals surface area contributed by atoms with Crippen LogP contribution in [-0.2, 0) is 21.2 Å². The van der Waals surface area contributed by atoms with E-state index in [-0.39, 0.29) is 6.10 Å². The zero-order chi connectivity index (χ0) is 23.5. The summed E-state index contributed by atoms with van der Waals surface area (Å²) >= 11 is 0. The van der Waals surface area contributed by atoms with Gasteiger partial charge in [-0.25, -0.2) is 18.4 Å². The molecule has 1 fully saturated rings. The minimum atomic E-state index is -3.20. The lowest BCUT2D eigenvalue weighted by atomic mass is 9.93. The first-order chi connectivity index (χ1) is 16.5. The van der Waals surface area contributed by atoms with Crippen molar-refractivity contribution in [3.8, 4) is 0 Å². The Bertz CT molecular complexity index is 1240. The molecule has 1 unspecified atom stereocenters. The van der Waals surface area contributed by atoms with Crippen LogP contribution in [0.1, 0.15) is 48.1 Å². The fraction of sp³-hybridized carbons (Fsp3) is 0.409. The molecule has 0 saturated carbocycles. The van der Waals surface area contributed by atoms with Gasteiger partial charge in [-0.3, -0.25) is 5.10 Å². The molecule has 34 heavy (non-hydrogen) atoms. The van der Waals surface area contributed by atoms with Gasteiger partial charge in [0.1, 0.15) is 5.84 Å². The number of sulfone groups is 1. The second-order valence-corrected chi connectivity index (χ2v) is 10.6. The van der Waals surface area contributed by atoms with Crippen molar-refractivity contribution in [2.45, 2.75) is 42.7 Å². The van der Waals surface area contributed by atoms with Crippen molar-refractivity contribution in [1.29, 1.82) is 0 Å². The summed E-state index contributed by atoms with van der Waals surface area (Å²) in [5.41, 5.74) is 2.91. The van der Waals surface area contributed by atoms with Crippen LogP contribution in [0.25, 0.3) is 0 Å². The number of oxime groups is 1. The quantitative estimate of drug-likeness (QED) is 0.542. The van der Waals surface area contributed by atoms with Gasteiger partial charge in [-0.1, -0.05) is 22.5 Å². The van der Waals surface area contributed by atoms with Crippen LogP contribution in [0.5, 0.6) is 0 Å². The topological polar surface area (TPSA) is 138 Å². The number of nitrogens with one attached hydrogen (secondary N) is 2. The molecule has 1 atom stereocenters. The molecule has 2 aromatic heterocycles. The van der Waals surface area contributed by atoms with Gasteiger partial charge in [0, 0.05) is 49.8 Å². The van der Waals surface area contributed by atoms with E-state index >= 15 is 0 Å². The summed E-state index contributed by atoms with van der Waals surface area (Å²) in [7, 11) is -3.20. The second kappa shape index (κ2) is 9.37. The van der Waals surface area contributed by atoms with Gasteiger partial charge in [-0.05, 0) is 30.5 Å². The van der Waals surface area contributed by atoms with Crippen LogP contribution in [0.4, 0.5) is 5.95 Å². The molecule has 11 nitrogen and oxygen atoms in total. The summed E-state index contributed by atoms with van der Waals surface area (Å²) in [6.45, 7) is 2.33. The van der Waals surface area contributed by atoms with E-state index in [1.54, 1.807) is 42.9 Å². The second-order valence-electron chi connectivity index (χ2n) is 8.59. The van der Waals surface area contributed by atoms with E-state index in [0.29, 0.717) is 29.7 Å². The maximum absolute atomic E-state index is 11.6. The van der Waals surface area contributed by atoms with Crippen LogP contribution < -0.4 is 5.32 Å². The van der Waals surface area contributed by atoms with E-state index in [1.165, 1.54) is 6.26 Å². The Morgan fingerprint density at radius 3 is 2.50 bits per heavy atom. The molecule has 2 aliphatic heterocycles. The molecule has 5 rings (SSSR count). The Balaban J connectivity index is 1.11. The molecule has 178 valence electrons. The lowest BCUT2D eigenvalue weighted by Crippen LogP contribution is -2.37. The first kappa shape index (κ1) is 22.3. The van der Waals surface area contributed by atoms with Crippen molar-refractivity contribution >= 4 is 21.6 Å². The maximum Gasteiger partial charge on any atom is 0.222 e. The molecule has 1 saturated heterocycles. The predicted octanol–water partition coefficient (Wildman–Crippen LogP) is 2.26. The molecule has 0 radical (unpaired) electrons. The Kier molecular flexibility index (Phi) is 6.14. The highest BCUT2D eigenvalue weighted by atomic mass is 32.2. The minimum absolute atomic E-state index is 0.192. The molecule has 2 aliphatic rings. The number of hydrogen-bond acceptors (Lipinski definition) is 10. The third-order valence-corrected chi connectivity index (χ3v) is 7.36. The number of aromatic amines is 1. The highest BCUT2D eigenvalue weighted by molar-refractivity contribution is 7.90. The number of rotatable bonds is 6. The van der Waals surface area contributed by atoms with Gasteiger partial charge >= 0.3 is 0 Å². The summed E-state index contributed by atoms with van der Waals surface area (Å²) < 4.78 is 23.1. The number of likely N-dealkylation sites (tertiary alicyclic amines) is 1. The van der Waals surface area contributed by atoms with E-state index in [9.17, 15) is 8.42 Å². The Hall–Kier alpha value is -3.54. The number of aromatic nitrogens is 5. The van der Waals surface area contributed by atoms with Crippen LogP contribution in [0.2, 0.25) is 0 Å². The molecule has 0 amide bonds. The molecule has 12 heteroatoms. The van der Waals surface area contributed by atoms with Crippen LogP contribution in [0.15, 0.2) is 52.9 Å². The Morgan fingerprint density at radius 2 is 1.85 bits per heavy atom. The molecular formula is C22H26N8O3S. The lowest BCUT2D eigenvalue weighted by molar-refractivity contribution is 0.0850. The molecule has 4 heterocycles. The SMILES string of the molecule is CS(=O)(=O)c1ccc(CNc2ncc(C3CC(N4CCC(c5cnn[nH]5)CC4)=NO3)cn2)cc1. The van der Waals surface area contributed by atoms with Crippen LogP contribution in [0, 0.1) is 0 Å². The van der Waals surface area contributed by atoms with Gasteiger partial charge in [0.25, 0.3) is 0 Å². The highest BCUT2D eigenvalue weighted by Gasteiger charge is 2.30. The van der Waals surface area contributed by atoms with Crippen molar-refractivity contribution in [3.05, 3.63) is 59.7 Å². The number of piperidine rings is 1. The molecule has 0 aliphatic carbocycles. The van der Waals surface area contributed by atoms with Crippen LogP contribution >= 0.6 is 0 Å². The summed E-state index contributed by atoms with van der Waals surface area (Å²) in [5.74, 6) is 1.91.